The first-order valence-electron chi connectivity index (χ1n) is 19.8. The minimum Gasteiger partial charge on any atom is -0.455 e. The Bertz CT molecular complexity index is 3260. The van der Waals surface area contributed by atoms with Gasteiger partial charge in [-0.25, -0.2) is 0 Å². The van der Waals surface area contributed by atoms with Crippen LogP contribution in [-0.2, 0) is 0 Å². The first-order chi connectivity index (χ1) is 28.8. The van der Waals surface area contributed by atoms with E-state index in [-0.39, 0.29) is 0 Å². The molecule has 0 fully saturated rings. The van der Waals surface area contributed by atoms with Crippen molar-refractivity contribution in [2.75, 3.05) is 4.90 Å². The van der Waals surface area contributed by atoms with E-state index in [0.717, 1.165) is 55.7 Å². The average Bonchev–Trinajstić information content (AvgIpc) is 3.69. The molecule has 10 aromatic carbocycles. The predicted molar refractivity (Wildman–Crippen MR) is 245 cm³/mol. The van der Waals surface area contributed by atoms with Crippen LogP contribution in [0.5, 0.6) is 0 Å². The highest BCUT2D eigenvalue weighted by Gasteiger charge is 2.21. The van der Waals surface area contributed by atoms with Gasteiger partial charge in [-0.05, 0) is 103 Å². The quantitative estimate of drug-likeness (QED) is 0.162. The first kappa shape index (κ1) is 33.6. The second-order valence-corrected chi connectivity index (χ2v) is 14.9. The van der Waals surface area contributed by atoms with Gasteiger partial charge >= 0.3 is 0 Å². The van der Waals surface area contributed by atoms with Crippen LogP contribution < -0.4 is 4.90 Å². The Balaban J connectivity index is 1.05. The minimum atomic E-state index is 0.857. The monoisotopic (exact) mass is 739 g/mol. The Hall–Kier alpha value is -7.68. The molecule has 0 aliphatic rings. The van der Waals surface area contributed by atoms with Crippen molar-refractivity contribution >= 4 is 60.5 Å². The summed E-state index contributed by atoms with van der Waals surface area (Å²) in [6.07, 6.45) is 0. The molecule has 11 aromatic rings. The molecule has 0 aliphatic heterocycles. The topological polar surface area (TPSA) is 16.4 Å². The van der Waals surface area contributed by atoms with Crippen molar-refractivity contribution in [2.45, 2.75) is 0 Å². The maximum atomic E-state index is 6.74. The molecule has 0 N–H and O–H groups in total. The Kier molecular flexibility index (Phi) is 8.19. The van der Waals surface area contributed by atoms with Crippen LogP contribution in [0.3, 0.4) is 0 Å². The molecule has 2 heteroatoms. The number of para-hydroxylation sites is 1. The molecule has 1 aromatic heterocycles. The van der Waals surface area contributed by atoms with Gasteiger partial charge in [0.15, 0.2) is 0 Å². The lowest BCUT2D eigenvalue weighted by Crippen LogP contribution is -2.10. The summed E-state index contributed by atoms with van der Waals surface area (Å²) in [5, 5.41) is 7.17. The number of fused-ring (bicyclic) bond motifs is 5. The van der Waals surface area contributed by atoms with Crippen LogP contribution in [0, 0.1) is 0 Å². The molecule has 1 heterocycles. The van der Waals surface area contributed by atoms with Crippen molar-refractivity contribution in [3.8, 4) is 44.5 Å². The SMILES string of the molecule is c1ccc(-c2cccc3c2oc2cccc(N(c4ccc(-c5cccc(-c6cccc7ccccc67)c5)cc4)c4ccc(-c5cccc6ccccc56)cc4)c23)cc1. The maximum Gasteiger partial charge on any atom is 0.143 e. The van der Waals surface area contributed by atoms with Crippen LogP contribution in [0.4, 0.5) is 17.1 Å². The zero-order chi connectivity index (χ0) is 38.4. The fourth-order valence-corrected chi connectivity index (χ4v) is 8.70. The van der Waals surface area contributed by atoms with Gasteiger partial charge < -0.3 is 9.32 Å². The largest absolute Gasteiger partial charge is 0.455 e. The number of hydrogen-bond donors (Lipinski definition) is 0. The fourth-order valence-electron chi connectivity index (χ4n) is 8.70. The zero-order valence-electron chi connectivity index (χ0n) is 31.7. The molecule has 0 atom stereocenters. The molecule has 11 rings (SSSR count). The number of nitrogens with zero attached hydrogens (tertiary/aromatic N) is 1. The van der Waals surface area contributed by atoms with E-state index in [0.29, 0.717) is 0 Å². The lowest BCUT2D eigenvalue weighted by atomic mass is 9.95. The van der Waals surface area contributed by atoms with Gasteiger partial charge in [-0.1, -0.05) is 182 Å². The summed E-state index contributed by atoms with van der Waals surface area (Å²) in [7, 11) is 0. The zero-order valence-corrected chi connectivity index (χ0v) is 31.7. The second-order valence-electron chi connectivity index (χ2n) is 14.9. The summed E-state index contributed by atoms with van der Waals surface area (Å²) in [5.41, 5.74) is 14.4. The summed E-state index contributed by atoms with van der Waals surface area (Å²) in [6.45, 7) is 0. The van der Waals surface area contributed by atoms with Gasteiger partial charge in [-0.3, -0.25) is 0 Å². The molecule has 0 spiro atoms. The van der Waals surface area contributed by atoms with Gasteiger partial charge in [-0.15, -0.1) is 0 Å². The van der Waals surface area contributed by atoms with E-state index in [1.807, 2.05) is 0 Å². The lowest BCUT2D eigenvalue weighted by molar-refractivity contribution is 0.670. The van der Waals surface area contributed by atoms with Crippen molar-refractivity contribution in [1.82, 2.24) is 0 Å². The van der Waals surface area contributed by atoms with Crippen LogP contribution in [-0.4, -0.2) is 0 Å². The molecule has 0 radical (unpaired) electrons. The predicted octanol–water partition coefficient (Wildman–Crippen LogP) is 16.0. The fraction of sp³-hybridized carbons (Fsp3) is 0. The van der Waals surface area contributed by atoms with Gasteiger partial charge in [0.2, 0.25) is 0 Å². The number of anilines is 3. The molecule has 0 bridgehead atoms. The third-order valence-electron chi connectivity index (χ3n) is 11.5. The number of benzene rings is 10. The van der Waals surface area contributed by atoms with E-state index in [9.17, 15) is 0 Å². The smallest absolute Gasteiger partial charge is 0.143 e. The molecule has 0 saturated heterocycles. The summed E-state index contributed by atoms with van der Waals surface area (Å²) in [4.78, 5) is 2.37. The Morgan fingerprint density at radius 2 is 0.793 bits per heavy atom. The van der Waals surface area contributed by atoms with E-state index >= 15 is 0 Å². The molecular formula is C56H37NO. The molecule has 272 valence electrons. The molecule has 0 amide bonds. The van der Waals surface area contributed by atoms with Gasteiger partial charge in [0.05, 0.1) is 11.1 Å². The van der Waals surface area contributed by atoms with Crippen molar-refractivity contribution in [2.24, 2.45) is 0 Å². The number of hydrogen-bond acceptors (Lipinski definition) is 2. The first-order valence-corrected chi connectivity index (χ1v) is 19.8. The third kappa shape index (κ3) is 5.82. The van der Waals surface area contributed by atoms with E-state index in [1.165, 1.54) is 49.4 Å². The Morgan fingerprint density at radius 3 is 1.50 bits per heavy atom. The lowest BCUT2D eigenvalue weighted by Gasteiger charge is -2.27. The van der Waals surface area contributed by atoms with Gasteiger partial charge in [0.25, 0.3) is 0 Å². The summed E-state index contributed by atoms with van der Waals surface area (Å²) >= 11 is 0. The van der Waals surface area contributed by atoms with Gasteiger partial charge in [0.1, 0.15) is 11.2 Å². The van der Waals surface area contributed by atoms with Crippen LogP contribution in [0.25, 0.3) is 88.0 Å². The van der Waals surface area contributed by atoms with E-state index < -0.39 is 0 Å². The maximum absolute atomic E-state index is 6.74. The van der Waals surface area contributed by atoms with Crippen LogP contribution in [0.2, 0.25) is 0 Å². The van der Waals surface area contributed by atoms with Crippen LogP contribution in [0.15, 0.2) is 229 Å². The Morgan fingerprint density at radius 1 is 0.310 bits per heavy atom. The minimum absolute atomic E-state index is 0.857. The highest BCUT2D eigenvalue weighted by Crippen LogP contribution is 2.45. The summed E-state index contributed by atoms with van der Waals surface area (Å²) in [6, 6.07) is 80.5. The van der Waals surface area contributed by atoms with E-state index in [1.54, 1.807) is 0 Å². The van der Waals surface area contributed by atoms with Crippen molar-refractivity contribution in [1.29, 1.82) is 0 Å². The van der Waals surface area contributed by atoms with Gasteiger partial charge in [0, 0.05) is 22.3 Å². The molecule has 2 nitrogen and oxygen atoms in total. The highest BCUT2D eigenvalue weighted by atomic mass is 16.3. The van der Waals surface area contributed by atoms with E-state index in [2.05, 4.69) is 229 Å². The van der Waals surface area contributed by atoms with Gasteiger partial charge in [-0.2, -0.15) is 0 Å². The highest BCUT2D eigenvalue weighted by molar-refractivity contribution is 6.16. The third-order valence-corrected chi connectivity index (χ3v) is 11.5. The van der Waals surface area contributed by atoms with Crippen molar-refractivity contribution in [3.63, 3.8) is 0 Å². The van der Waals surface area contributed by atoms with Crippen LogP contribution in [0.1, 0.15) is 0 Å². The molecule has 0 aliphatic carbocycles. The molecule has 0 saturated carbocycles. The normalized spacial score (nSPS) is 11.4. The Labute approximate surface area is 337 Å². The second kappa shape index (κ2) is 14.1. The molecule has 0 unspecified atom stereocenters. The summed E-state index contributed by atoms with van der Waals surface area (Å²) < 4.78 is 6.74. The van der Waals surface area contributed by atoms with Crippen LogP contribution >= 0.6 is 0 Å². The number of furan rings is 1. The molecular weight excluding hydrogens is 703 g/mol. The number of rotatable bonds is 7. The molecule has 58 heavy (non-hydrogen) atoms. The van der Waals surface area contributed by atoms with E-state index in [4.69, 9.17) is 4.42 Å². The van der Waals surface area contributed by atoms with Crippen molar-refractivity contribution in [3.05, 3.63) is 224 Å². The standard InChI is InChI=1S/C56H37NO/c1-2-13-41(14-3-1)51-25-11-26-52-55-53(27-12-28-54(55)58-56(51)52)57(46-35-31-42(32-36-46)49-23-9-17-39-15-4-6-21-47(39)49)45-33-29-38(30-34-45)43-19-8-20-44(37-43)50-24-10-18-40-16-5-7-22-48(40)50/h1-37H. The summed E-state index contributed by atoms with van der Waals surface area (Å²) in [5.74, 6) is 0. The van der Waals surface area contributed by atoms with Crippen molar-refractivity contribution < 1.29 is 4.42 Å². The average molecular weight is 740 g/mol.